The first-order valence-corrected chi connectivity index (χ1v) is 12.7. The van der Waals surface area contributed by atoms with Crippen molar-refractivity contribution in [2.45, 2.75) is 58.1 Å². The maximum atomic E-state index is 12.3. The monoisotopic (exact) mass is 504 g/mol. The van der Waals surface area contributed by atoms with E-state index in [1.165, 1.54) is 6.33 Å². The first kappa shape index (κ1) is 23.5. The van der Waals surface area contributed by atoms with Gasteiger partial charge in [-0.2, -0.15) is 10.1 Å². The summed E-state index contributed by atoms with van der Waals surface area (Å²) in [4.78, 5) is 23.1. The summed E-state index contributed by atoms with van der Waals surface area (Å²) in [6, 6.07) is 6.21. The van der Waals surface area contributed by atoms with Crippen molar-refractivity contribution in [1.82, 2.24) is 34.1 Å². The van der Waals surface area contributed by atoms with Crippen LogP contribution < -0.4 is 10.1 Å². The van der Waals surface area contributed by atoms with Gasteiger partial charge in [-0.1, -0.05) is 0 Å². The van der Waals surface area contributed by atoms with Crippen molar-refractivity contribution >= 4 is 23.2 Å². The minimum Gasteiger partial charge on any atom is -0.479 e. The van der Waals surface area contributed by atoms with Gasteiger partial charge in [0.15, 0.2) is 5.65 Å². The fraction of sp³-hybridized carbons (Fsp3) is 0.500. The Kier molecular flexibility index (Phi) is 5.46. The molecule has 2 aliphatic rings. The number of aromatic nitrogens is 6. The van der Waals surface area contributed by atoms with Crippen LogP contribution in [0.25, 0.3) is 22.3 Å². The van der Waals surface area contributed by atoms with Crippen molar-refractivity contribution in [2.75, 3.05) is 25.5 Å². The third-order valence-electron chi connectivity index (χ3n) is 7.34. The summed E-state index contributed by atoms with van der Waals surface area (Å²) < 4.78 is 14.7. The first-order valence-electron chi connectivity index (χ1n) is 12.7. The van der Waals surface area contributed by atoms with Crippen molar-refractivity contribution < 1.29 is 14.3 Å². The standard InChI is InChI=1S/C26H32N8O3/c1-25(2,3)37-24(35)32-14-26(15-32)10-7-18(8-11-26)29-23-30-22(36-4)21-19(9-12-33(21)31-23)17-5-6-20-27-16-28-34(20)13-17/h5-6,9,12-13,16,18H,7-8,10-11,14-15H2,1-4H3,(H,29,31). The number of ether oxygens (including phenoxy) is 2. The van der Waals surface area contributed by atoms with Gasteiger partial charge in [0.1, 0.15) is 17.4 Å². The Bertz CT molecular complexity index is 1450. The molecule has 4 aromatic heterocycles. The van der Waals surface area contributed by atoms with E-state index in [-0.39, 0.29) is 17.6 Å². The van der Waals surface area contributed by atoms with Crippen molar-refractivity contribution in [1.29, 1.82) is 0 Å². The van der Waals surface area contributed by atoms with Gasteiger partial charge in [0.2, 0.25) is 11.8 Å². The number of hydrogen-bond acceptors (Lipinski definition) is 8. The zero-order chi connectivity index (χ0) is 25.8. The molecule has 6 rings (SSSR count). The summed E-state index contributed by atoms with van der Waals surface area (Å²) in [7, 11) is 1.63. The quantitative estimate of drug-likeness (QED) is 0.443. The minimum absolute atomic E-state index is 0.206. The number of nitrogens with zero attached hydrogens (tertiary/aromatic N) is 7. The highest BCUT2D eigenvalue weighted by Crippen LogP contribution is 2.44. The highest BCUT2D eigenvalue weighted by atomic mass is 16.6. The van der Waals surface area contributed by atoms with Gasteiger partial charge in [0.05, 0.1) is 7.11 Å². The molecule has 1 aliphatic heterocycles. The van der Waals surface area contributed by atoms with E-state index in [2.05, 4.69) is 15.4 Å². The van der Waals surface area contributed by atoms with E-state index in [1.807, 2.05) is 60.8 Å². The number of rotatable bonds is 4. The van der Waals surface area contributed by atoms with Gasteiger partial charge in [-0.25, -0.2) is 18.8 Å². The fourth-order valence-corrected chi connectivity index (χ4v) is 5.50. The van der Waals surface area contributed by atoms with E-state index in [9.17, 15) is 4.79 Å². The third-order valence-corrected chi connectivity index (χ3v) is 7.34. The summed E-state index contributed by atoms with van der Waals surface area (Å²) in [5, 5.41) is 12.5. The van der Waals surface area contributed by atoms with Gasteiger partial charge in [0.25, 0.3) is 0 Å². The summed E-state index contributed by atoms with van der Waals surface area (Å²) in [6.07, 6.45) is 9.30. The summed E-state index contributed by atoms with van der Waals surface area (Å²) in [5.74, 6) is 1.05. The molecule has 11 heteroatoms. The Morgan fingerprint density at radius 2 is 1.92 bits per heavy atom. The molecule has 11 nitrogen and oxygen atoms in total. The van der Waals surface area contributed by atoms with Crippen LogP contribution in [0.5, 0.6) is 5.88 Å². The second kappa shape index (κ2) is 8.60. The molecular formula is C26H32N8O3. The predicted molar refractivity (Wildman–Crippen MR) is 138 cm³/mol. The van der Waals surface area contributed by atoms with Gasteiger partial charge in [-0.15, -0.1) is 5.10 Å². The summed E-state index contributed by atoms with van der Waals surface area (Å²) >= 11 is 0. The maximum absolute atomic E-state index is 12.3. The average Bonchev–Trinajstić information content (AvgIpc) is 3.48. The minimum atomic E-state index is -0.463. The molecule has 37 heavy (non-hydrogen) atoms. The molecule has 1 amide bonds. The van der Waals surface area contributed by atoms with Crippen LogP contribution in [0.4, 0.5) is 10.7 Å². The SMILES string of the molecule is COc1nc(NC2CCC3(CC2)CN(C(=O)OC(C)(C)C)C3)nn2ccc(-c3ccc4ncnn4c3)c12. The van der Waals surface area contributed by atoms with Crippen LogP contribution in [0.15, 0.2) is 36.9 Å². The highest BCUT2D eigenvalue weighted by molar-refractivity contribution is 5.84. The van der Waals surface area contributed by atoms with Crippen LogP contribution in [0.3, 0.4) is 0 Å². The zero-order valence-corrected chi connectivity index (χ0v) is 21.6. The van der Waals surface area contributed by atoms with Crippen LogP contribution in [0, 0.1) is 5.41 Å². The van der Waals surface area contributed by atoms with Gasteiger partial charge in [0, 0.05) is 48.1 Å². The molecule has 0 bridgehead atoms. The molecule has 1 saturated carbocycles. The summed E-state index contributed by atoms with van der Waals surface area (Å²) in [5.41, 5.74) is 3.26. The lowest BCUT2D eigenvalue weighted by Crippen LogP contribution is -2.60. The number of carbonyl (C=O) groups excluding carboxylic acids is 1. The Morgan fingerprint density at radius 3 is 2.65 bits per heavy atom. The van der Waals surface area contributed by atoms with Gasteiger partial charge >= 0.3 is 6.09 Å². The van der Waals surface area contributed by atoms with Gasteiger partial charge in [-0.3, -0.25) is 0 Å². The fourth-order valence-electron chi connectivity index (χ4n) is 5.50. The summed E-state index contributed by atoms with van der Waals surface area (Å²) in [6.45, 7) is 7.25. The average molecular weight is 505 g/mol. The largest absolute Gasteiger partial charge is 0.479 e. The number of nitrogens with one attached hydrogen (secondary N) is 1. The highest BCUT2D eigenvalue weighted by Gasteiger charge is 2.48. The van der Waals surface area contributed by atoms with E-state index in [0.717, 1.165) is 61.1 Å². The van der Waals surface area contributed by atoms with Gasteiger partial charge < -0.3 is 19.7 Å². The Balaban J connectivity index is 1.13. The normalized spacial score (nSPS) is 17.8. The number of carbonyl (C=O) groups is 1. The number of methoxy groups -OCH3 is 1. The van der Waals surface area contributed by atoms with Crippen molar-refractivity contribution in [3.63, 3.8) is 0 Å². The third kappa shape index (κ3) is 4.42. The van der Waals surface area contributed by atoms with Crippen molar-refractivity contribution in [3.05, 3.63) is 36.9 Å². The number of anilines is 1. The van der Waals surface area contributed by atoms with E-state index in [1.54, 1.807) is 11.6 Å². The molecule has 0 radical (unpaired) electrons. The van der Waals surface area contributed by atoms with E-state index in [0.29, 0.717) is 11.8 Å². The molecule has 2 fully saturated rings. The molecule has 0 unspecified atom stereocenters. The van der Waals surface area contributed by atoms with Crippen molar-refractivity contribution in [2.24, 2.45) is 5.41 Å². The number of hydrogen-bond donors (Lipinski definition) is 1. The Morgan fingerprint density at radius 1 is 1.14 bits per heavy atom. The second-order valence-corrected chi connectivity index (χ2v) is 11.2. The number of amides is 1. The van der Waals surface area contributed by atoms with Crippen LogP contribution in [-0.2, 0) is 4.74 Å². The molecule has 5 heterocycles. The zero-order valence-electron chi connectivity index (χ0n) is 21.6. The smallest absolute Gasteiger partial charge is 0.410 e. The number of pyridine rings is 1. The molecule has 1 aliphatic carbocycles. The first-order chi connectivity index (χ1) is 17.7. The molecule has 1 saturated heterocycles. The maximum Gasteiger partial charge on any atom is 0.410 e. The van der Waals surface area contributed by atoms with E-state index in [4.69, 9.17) is 19.6 Å². The number of fused-ring (bicyclic) bond motifs is 2. The number of likely N-dealkylation sites (tertiary alicyclic amines) is 1. The van der Waals surface area contributed by atoms with Crippen LogP contribution in [-0.4, -0.2) is 72.0 Å². The molecule has 0 atom stereocenters. The molecule has 4 aromatic rings. The molecule has 194 valence electrons. The topological polar surface area (TPSA) is 111 Å². The Labute approximate surface area is 214 Å². The second-order valence-electron chi connectivity index (χ2n) is 11.2. The Hall–Kier alpha value is -3.89. The van der Waals surface area contributed by atoms with Crippen LogP contribution in [0.2, 0.25) is 0 Å². The molecule has 1 N–H and O–H groups in total. The lowest BCUT2D eigenvalue weighted by atomic mass is 9.67. The molecule has 1 spiro atoms. The lowest BCUT2D eigenvalue weighted by molar-refractivity contribution is -0.0496. The van der Waals surface area contributed by atoms with Crippen LogP contribution in [0.1, 0.15) is 46.5 Å². The predicted octanol–water partition coefficient (Wildman–Crippen LogP) is 4.04. The molecular weight excluding hydrogens is 472 g/mol. The molecule has 0 aromatic carbocycles. The van der Waals surface area contributed by atoms with Crippen LogP contribution >= 0.6 is 0 Å². The van der Waals surface area contributed by atoms with Crippen molar-refractivity contribution in [3.8, 4) is 17.0 Å². The lowest BCUT2D eigenvalue weighted by Gasteiger charge is -2.53. The van der Waals surface area contributed by atoms with E-state index < -0.39 is 5.60 Å². The van der Waals surface area contributed by atoms with E-state index >= 15 is 0 Å². The van der Waals surface area contributed by atoms with Gasteiger partial charge in [-0.05, 0) is 64.7 Å².